The summed E-state index contributed by atoms with van der Waals surface area (Å²) in [5.41, 5.74) is 10.0. The number of phenols is 4. The Hall–Kier alpha value is -5.48. The van der Waals surface area contributed by atoms with E-state index in [1.807, 2.05) is 0 Å². The van der Waals surface area contributed by atoms with Crippen molar-refractivity contribution in [3.05, 3.63) is 187 Å². The van der Waals surface area contributed by atoms with Crippen molar-refractivity contribution < 1.29 is 20.4 Å². The summed E-state index contributed by atoms with van der Waals surface area (Å²) in [5, 5.41) is 53.1. The van der Waals surface area contributed by atoms with Crippen molar-refractivity contribution in [3.63, 3.8) is 0 Å². The number of hydrogen-bond acceptors (Lipinski definition) is 4. The van der Waals surface area contributed by atoms with Crippen LogP contribution >= 0.6 is 0 Å². The Morgan fingerprint density at radius 2 is 0.585 bits per heavy atom. The molecule has 0 bridgehead atoms. The van der Waals surface area contributed by atoms with Gasteiger partial charge in [-0.3, -0.25) is 0 Å². The first-order valence-corrected chi connectivity index (χ1v) is 31.9. The van der Waals surface area contributed by atoms with Crippen molar-refractivity contribution in [1.29, 1.82) is 0 Å². The summed E-state index contributed by atoms with van der Waals surface area (Å²) < 4.78 is 0. The van der Waals surface area contributed by atoms with Gasteiger partial charge in [0.05, 0.1) is 0 Å². The molecule has 0 heterocycles. The van der Waals surface area contributed by atoms with Crippen LogP contribution in [0.1, 0.15) is 304 Å². The topological polar surface area (TPSA) is 80.9 Å². The SMILES string of the molecule is CCCCCCCCCc1cc(C(c2cc(CCCCCCCCC)cc(C(C)(C)c3ccccc3)c2O)C(c2cc(C(C)(C)C)c(O)c(C(C)(C)C)c2)c2cc(C(C)(C)C)c(O)c(C(C)(C)C)c2)c(O)c(C(C)(C)c2ccccc2)c1. The van der Waals surface area contributed by atoms with Crippen molar-refractivity contribution in [2.24, 2.45) is 0 Å². The molecule has 0 aliphatic carbocycles. The molecule has 0 radical (unpaired) electrons. The summed E-state index contributed by atoms with van der Waals surface area (Å²) in [7, 11) is 0. The van der Waals surface area contributed by atoms with Crippen molar-refractivity contribution in [3.8, 4) is 23.0 Å². The third-order valence-corrected chi connectivity index (χ3v) is 18.1. The fourth-order valence-electron chi connectivity index (χ4n) is 12.8. The molecule has 82 heavy (non-hydrogen) atoms. The monoisotopic (exact) mass is 1110 g/mol. The molecule has 4 nitrogen and oxygen atoms in total. The average Bonchev–Trinajstić information content (AvgIpc) is 2.14. The Kier molecular flexibility index (Phi) is 21.7. The molecule has 0 fully saturated rings. The molecule has 0 unspecified atom stereocenters. The number of rotatable bonds is 25. The minimum absolute atomic E-state index is 0.227. The van der Waals surface area contributed by atoms with Crippen LogP contribution in [-0.2, 0) is 45.3 Å². The fraction of sp³-hybridized carbons (Fsp3) is 0.538. The molecule has 0 aromatic heterocycles. The molecular formula is C78H110O4. The Morgan fingerprint density at radius 3 is 0.866 bits per heavy atom. The van der Waals surface area contributed by atoms with Gasteiger partial charge >= 0.3 is 0 Å². The summed E-state index contributed by atoms with van der Waals surface area (Å²) >= 11 is 0. The lowest BCUT2D eigenvalue weighted by molar-refractivity contribution is 0.417. The van der Waals surface area contributed by atoms with Gasteiger partial charge in [-0.15, -0.1) is 0 Å². The predicted molar refractivity (Wildman–Crippen MR) is 351 cm³/mol. The van der Waals surface area contributed by atoms with Gasteiger partial charge in [0.1, 0.15) is 23.0 Å². The summed E-state index contributed by atoms with van der Waals surface area (Å²) in [5.74, 6) is -0.199. The van der Waals surface area contributed by atoms with Crippen LogP contribution in [0, 0.1) is 0 Å². The molecular weight excluding hydrogens is 1000 g/mol. The maximum atomic E-state index is 14.0. The van der Waals surface area contributed by atoms with E-state index in [0.717, 1.165) is 105 Å². The fourth-order valence-corrected chi connectivity index (χ4v) is 12.8. The summed E-state index contributed by atoms with van der Waals surface area (Å²) in [4.78, 5) is 0. The van der Waals surface area contributed by atoms with Gasteiger partial charge in [-0.2, -0.15) is 0 Å². The Labute approximate surface area is 499 Å². The first-order chi connectivity index (χ1) is 38.3. The van der Waals surface area contributed by atoms with Crippen LogP contribution in [0.4, 0.5) is 0 Å². The molecule has 0 saturated heterocycles. The minimum Gasteiger partial charge on any atom is -0.507 e. The molecule has 0 aliphatic heterocycles. The van der Waals surface area contributed by atoms with E-state index >= 15 is 0 Å². The van der Waals surface area contributed by atoms with Gasteiger partial charge < -0.3 is 20.4 Å². The third-order valence-electron chi connectivity index (χ3n) is 18.1. The number of unbranched alkanes of at least 4 members (excludes halogenated alkanes) is 12. The summed E-state index contributed by atoms with van der Waals surface area (Å²) in [6.07, 6.45) is 18.3. The highest BCUT2D eigenvalue weighted by atomic mass is 16.3. The first-order valence-electron chi connectivity index (χ1n) is 31.9. The van der Waals surface area contributed by atoms with Crippen molar-refractivity contribution in [1.82, 2.24) is 0 Å². The van der Waals surface area contributed by atoms with Crippen LogP contribution < -0.4 is 0 Å². The van der Waals surface area contributed by atoms with E-state index in [1.54, 1.807) is 0 Å². The van der Waals surface area contributed by atoms with E-state index in [9.17, 15) is 20.4 Å². The third kappa shape index (κ3) is 15.6. The van der Waals surface area contributed by atoms with Crippen LogP contribution in [0.3, 0.4) is 0 Å². The molecule has 6 rings (SSSR count). The molecule has 0 spiro atoms. The Morgan fingerprint density at radius 1 is 0.305 bits per heavy atom. The van der Waals surface area contributed by atoms with Crippen molar-refractivity contribution in [2.75, 3.05) is 0 Å². The van der Waals surface area contributed by atoms with Gasteiger partial charge in [0.25, 0.3) is 0 Å². The molecule has 4 N–H and O–H groups in total. The molecule has 6 aromatic rings. The van der Waals surface area contributed by atoms with Gasteiger partial charge in [0.15, 0.2) is 0 Å². The average molecular weight is 1110 g/mol. The Bertz CT molecular complexity index is 2740. The smallest absolute Gasteiger partial charge is 0.123 e. The normalized spacial score (nSPS) is 13.0. The van der Waals surface area contributed by atoms with Crippen LogP contribution in [0.2, 0.25) is 0 Å². The van der Waals surface area contributed by atoms with E-state index in [1.165, 1.54) is 75.3 Å². The molecule has 0 atom stereocenters. The highest BCUT2D eigenvalue weighted by molar-refractivity contribution is 5.64. The quantitative estimate of drug-likeness (QED) is 0.0431. The maximum Gasteiger partial charge on any atom is 0.123 e. The highest BCUT2D eigenvalue weighted by Gasteiger charge is 2.41. The number of phenolic OH excluding ortho intramolecular Hbond substituents is 4. The van der Waals surface area contributed by atoms with Crippen molar-refractivity contribution in [2.45, 2.75) is 272 Å². The standard InChI is InChI=1S/C78H110O4/c1-19-21-23-25-27-29-33-39-53-45-59(69(79)65(47-53)77(15,16)57-41-35-31-36-42-57)68(60-46-54(40-34-30-28-26-24-22-20-2)48-66(70(60)80)78(17,18)58-43-37-32-38-44-58)67(55-49-61(73(3,4)5)71(81)62(50-55)74(6,7)8)56-51-63(75(9,10)11)72(82)64(52-56)76(12,13)14/h31-32,35-38,41-52,67-68,79-82H,19-30,33-34,39-40H2,1-18H3. The maximum absolute atomic E-state index is 14.0. The molecule has 446 valence electrons. The van der Waals surface area contributed by atoms with Crippen LogP contribution in [0.5, 0.6) is 23.0 Å². The molecule has 4 heteroatoms. The second-order valence-electron chi connectivity index (χ2n) is 29.8. The van der Waals surface area contributed by atoms with E-state index in [-0.39, 0.29) is 11.5 Å². The first kappa shape index (κ1) is 65.7. The lowest BCUT2D eigenvalue weighted by atomic mass is 9.66. The Balaban J connectivity index is 1.88. The van der Waals surface area contributed by atoms with Gasteiger partial charge in [-0.05, 0) is 103 Å². The number of benzene rings is 6. The summed E-state index contributed by atoms with van der Waals surface area (Å²) in [6, 6.07) is 39.3. The zero-order valence-electron chi connectivity index (χ0n) is 54.6. The largest absolute Gasteiger partial charge is 0.507 e. The van der Waals surface area contributed by atoms with E-state index in [4.69, 9.17) is 0 Å². The second kappa shape index (κ2) is 27.0. The second-order valence-corrected chi connectivity index (χ2v) is 29.8. The zero-order chi connectivity index (χ0) is 60.6. The predicted octanol–water partition coefficient (Wildman–Crippen LogP) is 21.9. The van der Waals surface area contributed by atoms with Gasteiger partial charge in [-0.1, -0.05) is 311 Å². The number of aryl methyl sites for hydroxylation is 2. The van der Waals surface area contributed by atoms with Crippen LogP contribution in [0.25, 0.3) is 0 Å². The zero-order valence-corrected chi connectivity index (χ0v) is 54.6. The van der Waals surface area contributed by atoms with Gasteiger partial charge in [0.2, 0.25) is 0 Å². The van der Waals surface area contributed by atoms with E-state index in [0.29, 0.717) is 11.5 Å². The lowest BCUT2D eigenvalue weighted by Crippen LogP contribution is -2.25. The molecule has 0 amide bonds. The van der Waals surface area contributed by atoms with Crippen LogP contribution in [-0.4, -0.2) is 20.4 Å². The highest BCUT2D eigenvalue weighted by Crippen LogP contribution is 2.56. The molecule has 0 saturated carbocycles. The van der Waals surface area contributed by atoms with E-state index in [2.05, 4.69) is 234 Å². The number of hydrogen-bond donors (Lipinski definition) is 4. The van der Waals surface area contributed by atoms with E-state index < -0.39 is 44.3 Å². The molecule has 0 aliphatic rings. The van der Waals surface area contributed by atoms with Gasteiger partial charge in [-0.25, -0.2) is 0 Å². The summed E-state index contributed by atoms with van der Waals surface area (Å²) in [6.45, 7) is 39.6. The van der Waals surface area contributed by atoms with Gasteiger partial charge in [0, 0.05) is 44.9 Å². The van der Waals surface area contributed by atoms with Crippen molar-refractivity contribution >= 4 is 0 Å². The molecule has 6 aromatic carbocycles. The minimum atomic E-state index is -0.686. The number of aromatic hydroxyl groups is 4. The van der Waals surface area contributed by atoms with Crippen LogP contribution in [0.15, 0.2) is 109 Å². The lowest BCUT2D eigenvalue weighted by Gasteiger charge is -2.38.